The molecule has 0 aliphatic heterocycles. The van der Waals surface area contributed by atoms with Gasteiger partial charge in [-0.25, -0.2) is 14.6 Å². The highest BCUT2D eigenvalue weighted by molar-refractivity contribution is 7.20. The van der Waals surface area contributed by atoms with Crippen LogP contribution in [-0.4, -0.2) is 32.2 Å². The lowest BCUT2D eigenvalue weighted by Crippen LogP contribution is -2.24. The molecule has 4 aromatic rings. The Morgan fingerprint density at radius 2 is 2.00 bits per heavy atom. The number of rotatable bonds is 7. The third kappa shape index (κ3) is 4.30. The topological polar surface area (TPSA) is 123 Å². The number of nitrogen functional groups attached to an aromatic ring is 1. The van der Waals surface area contributed by atoms with Gasteiger partial charge in [-0.1, -0.05) is 25.1 Å². The van der Waals surface area contributed by atoms with E-state index in [1.54, 1.807) is 4.68 Å². The number of carbonyl (C=O) groups excluding carboxylic acids is 1. The van der Waals surface area contributed by atoms with E-state index in [0.29, 0.717) is 41.3 Å². The van der Waals surface area contributed by atoms with Crippen molar-refractivity contribution in [2.45, 2.75) is 40.0 Å². The van der Waals surface area contributed by atoms with Gasteiger partial charge in [0.05, 0.1) is 16.3 Å². The predicted molar refractivity (Wildman–Crippen MR) is 130 cm³/mol. The van der Waals surface area contributed by atoms with Gasteiger partial charge in [0, 0.05) is 24.0 Å². The summed E-state index contributed by atoms with van der Waals surface area (Å²) in [5.41, 5.74) is 9.79. The summed E-state index contributed by atoms with van der Waals surface area (Å²) >= 11 is 1.40. The number of nitrogens with one attached hydrogen (secondary N) is 1. The summed E-state index contributed by atoms with van der Waals surface area (Å²) in [6.07, 6.45) is 1.92. The summed E-state index contributed by atoms with van der Waals surface area (Å²) in [7, 11) is 0. The second-order valence-corrected chi connectivity index (χ2v) is 8.74. The summed E-state index contributed by atoms with van der Waals surface area (Å²) < 4.78 is 1.58. The SMILES string of the molecule is CCc1nc(C)c2c(C)c(C(=O)NCCCc3nn(-c4ccccc4)c(N)c3C#N)sc2n1. The van der Waals surface area contributed by atoms with Gasteiger partial charge in [0.15, 0.2) is 0 Å². The average Bonchev–Trinajstić information content (AvgIpc) is 3.33. The van der Waals surface area contributed by atoms with Gasteiger partial charge < -0.3 is 11.1 Å². The van der Waals surface area contributed by atoms with Gasteiger partial charge in [0.25, 0.3) is 5.91 Å². The highest BCUT2D eigenvalue weighted by Gasteiger charge is 2.19. The number of nitriles is 1. The van der Waals surface area contributed by atoms with Crippen molar-refractivity contribution in [1.29, 1.82) is 5.26 Å². The summed E-state index contributed by atoms with van der Waals surface area (Å²) in [5.74, 6) is 0.991. The molecule has 4 rings (SSSR count). The summed E-state index contributed by atoms with van der Waals surface area (Å²) in [4.78, 5) is 23.5. The highest BCUT2D eigenvalue weighted by atomic mass is 32.1. The van der Waals surface area contributed by atoms with Crippen LogP contribution in [0, 0.1) is 25.2 Å². The first-order valence-corrected chi connectivity index (χ1v) is 11.6. The number of anilines is 1. The second-order valence-electron chi connectivity index (χ2n) is 7.74. The number of carbonyl (C=O) groups is 1. The van der Waals surface area contributed by atoms with Crippen molar-refractivity contribution in [3.63, 3.8) is 0 Å². The van der Waals surface area contributed by atoms with E-state index in [1.165, 1.54) is 11.3 Å². The number of para-hydroxylation sites is 1. The maximum absolute atomic E-state index is 12.8. The first-order chi connectivity index (χ1) is 15.9. The summed E-state index contributed by atoms with van der Waals surface area (Å²) in [6.45, 7) is 6.37. The van der Waals surface area contributed by atoms with Crippen molar-refractivity contribution in [1.82, 2.24) is 25.1 Å². The molecule has 0 bridgehead atoms. The molecule has 168 valence electrons. The minimum atomic E-state index is -0.122. The van der Waals surface area contributed by atoms with Crippen molar-refractivity contribution >= 4 is 33.3 Å². The Bertz CT molecular complexity index is 1370. The summed E-state index contributed by atoms with van der Waals surface area (Å²) in [6, 6.07) is 11.6. The molecule has 8 nitrogen and oxygen atoms in total. The van der Waals surface area contributed by atoms with E-state index in [-0.39, 0.29) is 5.91 Å². The minimum absolute atomic E-state index is 0.122. The quantitative estimate of drug-likeness (QED) is 0.405. The first kappa shape index (κ1) is 22.4. The Balaban J connectivity index is 1.44. The van der Waals surface area contributed by atoms with Crippen LogP contribution in [0.15, 0.2) is 30.3 Å². The number of aromatic nitrogens is 4. The minimum Gasteiger partial charge on any atom is -0.382 e. The molecular weight excluding hydrogens is 434 g/mol. The number of aryl methyl sites for hydroxylation is 4. The Labute approximate surface area is 196 Å². The van der Waals surface area contributed by atoms with Crippen LogP contribution in [0.1, 0.15) is 51.4 Å². The van der Waals surface area contributed by atoms with E-state index in [2.05, 4.69) is 26.5 Å². The molecule has 1 amide bonds. The van der Waals surface area contributed by atoms with Crippen molar-refractivity contribution < 1.29 is 4.79 Å². The monoisotopic (exact) mass is 459 g/mol. The fourth-order valence-corrected chi connectivity index (χ4v) is 5.02. The zero-order valence-electron chi connectivity index (χ0n) is 18.8. The lowest BCUT2D eigenvalue weighted by molar-refractivity contribution is 0.0957. The molecule has 9 heteroatoms. The van der Waals surface area contributed by atoms with Gasteiger partial charge in [0.1, 0.15) is 28.1 Å². The Kier molecular flexibility index (Phi) is 6.38. The normalized spacial score (nSPS) is 11.0. The number of nitrogens with two attached hydrogens (primary N) is 1. The van der Waals surface area contributed by atoms with Crippen LogP contribution in [0.3, 0.4) is 0 Å². The second kappa shape index (κ2) is 9.38. The third-order valence-electron chi connectivity index (χ3n) is 5.52. The summed E-state index contributed by atoms with van der Waals surface area (Å²) in [5, 5.41) is 18.0. The van der Waals surface area contributed by atoms with Gasteiger partial charge >= 0.3 is 0 Å². The molecule has 33 heavy (non-hydrogen) atoms. The molecule has 0 atom stereocenters. The number of amides is 1. The molecule has 0 saturated carbocycles. The molecule has 3 heterocycles. The van der Waals surface area contributed by atoms with Crippen molar-refractivity contribution in [3.8, 4) is 11.8 Å². The molecule has 0 radical (unpaired) electrons. The smallest absolute Gasteiger partial charge is 0.261 e. The lowest BCUT2D eigenvalue weighted by Gasteiger charge is -2.04. The Morgan fingerprint density at radius 3 is 2.70 bits per heavy atom. The van der Waals surface area contributed by atoms with Crippen LogP contribution in [0.2, 0.25) is 0 Å². The van der Waals surface area contributed by atoms with Crippen LogP contribution in [0.25, 0.3) is 15.9 Å². The van der Waals surface area contributed by atoms with Gasteiger partial charge in [-0.3, -0.25) is 4.79 Å². The maximum atomic E-state index is 12.8. The number of hydrogen-bond donors (Lipinski definition) is 2. The third-order valence-corrected chi connectivity index (χ3v) is 6.71. The van der Waals surface area contributed by atoms with Gasteiger partial charge in [-0.2, -0.15) is 10.4 Å². The van der Waals surface area contributed by atoms with E-state index in [0.717, 1.165) is 39.4 Å². The number of nitrogens with zero attached hydrogens (tertiary/aromatic N) is 5. The zero-order chi connectivity index (χ0) is 23.5. The van der Waals surface area contributed by atoms with Crippen LogP contribution in [-0.2, 0) is 12.8 Å². The van der Waals surface area contributed by atoms with Crippen molar-refractivity contribution in [2.75, 3.05) is 12.3 Å². The predicted octanol–water partition coefficient (Wildman–Crippen LogP) is 3.87. The molecular formula is C24H25N7OS. The fourth-order valence-electron chi connectivity index (χ4n) is 3.85. The van der Waals surface area contributed by atoms with Crippen molar-refractivity contribution in [2.24, 2.45) is 0 Å². The standard InChI is InChI=1S/C24H25N7OS/c1-4-19-28-15(3)20-14(2)21(33-24(20)29-19)23(32)27-12-8-11-18-17(13-25)22(26)31(30-18)16-9-6-5-7-10-16/h5-7,9-10H,4,8,11-12,26H2,1-3H3,(H,27,32). The maximum Gasteiger partial charge on any atom is 0.261 e. The van der Waals surface area contributed by atoms with Crippen LogP contribution in [0.5, 0.6) is 0 Å². The van der Waals surface area contributed by atoms with E-state index >= 15 is 0 Å². The Morgan fingerprint density at radius 1 is 1.24 bits per heavy atom. The van der Waals surface area contributed by atoms with Gasteiger partial charge in [-0.15, -0.1) is 11.3 Å². The van der Waals surface area contributed by atoms with Crippen LogP contribution >= 0.6 is 11.3 Å². The average molecular weight is 460 g/mol. The number of hydrogen-bond acceptors (Lipinski definition) is 7. The van der Waals surface area contributed by atoms with Gasteiger partial charge in [0.2, 0.25) is 0 Å². The van der Waals surface area contributed by atoms with E-state index < -0.39 is 0 Å². The van der Waals surface area contributed by atoms with Gasteiger partial charge in [-0.05, 0) is 44.4 Å². The van der Waals surface area contributed by atoms with Crippen LogP contribution < -0.4 is 11.1 Å². The first-order valence-electron chi connectivity index (χ1n) is 10.8. The lowest BCUT2D eigenvalue weighted by atomic mass is 10.1. The molecule has 0 aliphatic carbocycles. The number of fused-ring (bicyclic) bond motifs is 1. The Hall–Kier alpha value is -3.77. The van der Waals surface area contributed by atoms with Crippen molar-refractivity contribution in [3.05, 3.63) is 63.5 Å². The van der Waals surface area contributed by atoms with E-state index in [1.807, 2.05) is 51.1 Å². The molecule has 0 saturated heterocycles. The van der Waals surface area contributed by atoms with E-state index in [4.69, 9.17) is 5.73 Å². The highest BCUT2D eigenvalue weighted by Crippen LogP contribution is 2.31. The molecule has 0 unspecified atom stereocenters. The van der Waals surface area contributed by atoms with Crippen LogP contribution in [0.4, 0.5) is 5.82 Å². The number of benzene rings is 1. The molecule has 3 aromatic heterocycles. The number of thiophene rings is 1. The molecule has 0 fully saturated rings. The molecule has 3 N–H and O–H groups in total. The van der Waals surface area contributed by atoms with E-state index in [9.17, 15) is 10.1 Å². The largest absolute Gasteiger partial charge is 0.382 e. The molecule has 1 aromatic carbocycles. The zero-order valence-corrected chi connectivity index (χ0v) is 19.7. The molecule has 0 spiro atoms. The fraction of sp³-hybridized carbons (Fsp3) is 0.292. The molecule has 0 aliphatic rings.